The van der Waals surface area contributed by atoms with Gasteiger partial charge in [-0.3, -0.25) is 4.98 Å². The zero-order chi connectivity index (χ0) is 23.2. The Balaban J connectivity index is 1.88. The van der Waals surface area contributed by atoms with Crippen molar-refractivity contribution in [2.45, 2.75) is 52.7 Å². The van der Waals surface area contributed by atoms with Crippen LogP contribution in [0.3, 0.4) is 0 Å². The van der Waals surface area contributed by atoms with Gasteiger partial charge in [0.2, 0.25) is 0 Å². The Hall–Kier alpha value is -3.19. The third-order valence-corrected chi connectivity index (χ3v) is 6.51. The predicted molar refractivity (Wildman–Crippen MR) is 129 cm³/mol. The highest BCUT2D eigenvalue weighted by Crippen LogP contribution is 2.42. The number of pyridine rings is 1. The summed E-state index contributed by atoms with van der Waals surface area (Å²) in [5, 5.41) is 13.7. The van der Waals surface area contributed by atoms with E-state index in [2.05, 4.69) is 53.5 Å². The number of aromatic nitrogens is 2. The molecule has 0 aliphatic carbocycles. The molecule has 2 aromatic heterocycles. The van der Waals surface area contributed by atoms with E-state index in [1.165, 1.54) is 0 Å². The fraction of sp³-hybridized carbons (Fsp3) is 0.320. The van der Waals surface area contributed by atoms with Crippen molar-refractivity contribution in [3.63, 3.8) is 0 Å². The van der Waals surface area contributed by atoms with Crippen LogP contribution in [0.2, 0.25) is 0 Å². The van der Waals surface area contributed by atoms with E-state index in [9.17, 15) is 9.90 Å². The summed E-state index contributed by atoms with van der Waals surface area (Å²) in [6.45, 7) is 10.4. The predicted octanol–water partition coefficient (Wildman–Crippen LogP) is 4.88. The van der Waals surface area contributed by atoms with Crippen LogP contribution in [0, 0.1) is 20.8 Å². The maximum absolute atomic E-state index is 11.6. The number of carboxylic acids is 1. The Labute approximate surface area is 193 Å². The number of hydrogen-bond acceptors (Lipinski definition) is 3. The van der Waals surface area contributed by atoms with Crippen molar-refractivity contribution in [3.8, 4) is 5.69 Å². The molecule has 0 amide bonds. The normalized spacial score (nSPS) is 18.3. The molecule has 0 spiro atoms. The van der Waals surface area contributed by atoms with Gasteiger partial charge in [-0.2, -0.15) is 0 Å². The number of benzene rings is 1. The Bertz CT molecular complexity index is 1190. The number of nitrogens with zero attached hydrogens (tertiary/aromatic N) is 3. The van der Waals surface area contributed by atoms with Crippen molar-refractivity contribution in [2.75, 3.05) is 0 Å². The fourth-order valence-electron chi connectivity index (χ4n) is 4.70. The smallest absolute Gasteiger partial charge is 0.335 e. The molecule has 4 rings (SSSR count). The van der Waals surface area contributed by atoms with Crippen LogP contribution in [-0.2, 0) is 0 Å². The van der Waals surface area contributed by atoms with Crippen LogP contribution in [0.5, 0.6) is 0 Å². The average molecular weight is 449 g/mol. The van der Waals surface area contributed by atoms with E-state index in [4.69, 9.17) is 12.2 Å². The van der Waals surface area contributed by atoms with Gasteiger partial charge in [0.25, 0.3) is 0 Å². The van der Waals surface area contributed by atoms with Crippen LogP contribution in [-0.4, -0.2) is 36.7 Å². The number of rotatable bonds is 5. The molecule has 2 N–H and O–H groups in total. The van der Waals surface area contributed by atoms with E-state index in [0.29, 0.717) is 0 Å². The van der Waals surface area contributed by atoms with Gasteiger partial charge in [-0.25, -0.2) is 4.79 Å². The molecule has 6 nitrogen and oxygen atoms in total. The van der Waals surface area contributed by atoms with Crippen LogP contribution in [0.4, 0.5) is 0 Å². The Morgan fingerprint density at radius 2 is 1.91 bits per heavy atom. The van der Waals surface area contributed by atoms with Crippen molar-refractivity contribution < 1.29 is 9.90 Å². The van der Waals surface area contributed by atoms with Crippen molar-refractivity contribution >= 4 is 23.3 Å². The Morgan fingerprint density at radius 3 is 2.53 bits per heavy atom. The number of aromatic carboxylic acids is 1. The maximum atomic E-state index is 11.6. The third-order valence-electron chi connectivity index (χ3n) is 6.18. The summed E-state index contributed by atoms with van der Waals surface area (Å²) < 4.78 is 2.15. The highest BCUT2D eigenvalue weighted by molar-refractivity contribution is 7.80. The monoisotopic (exact) mass is 448 g/mol. The molecule has 1 aromatic carbocycles. The molecule has 1 aliphatic heterocycles. The Morgan fingerprint density at radius 1 is 1.16 bits per heavy atom. The molecule has 1 saturated heterocycles. The number of aryl methyl sites for hydroxylation is 2. The van der Waals surface area contributed by atoms with Gasteiger partial charge in [0.15, 0.2) is 5.11 Å². The standard InChI is InChI=1S/C25H28N4O2S/c1-14(2)28-23(22(27-25(28)32)20-8-6-7-11-26-20)19-12-16(4)29(17(19)5)21-13-18(24(30)31)10-9-15(21)3/h6-14,22-23H,1-5H3,(H,27,32)(H,30,31)/t22-,23+/m1/s1. The topological polar surface area (TPSA) is 70.4 Å². The summed E-state index contributed by atoms with van der Waals surface area (Å²) >= 11 is 5.73. The zero-order valence-electron chi connectivity index (χ0n) is 19.0. The summed E-state index contributed by atoms with van der Waals surface area (Å²) in [5.41, 5.74) is 6.38. The molecule has 1 aliphatic rings. The van der Waals surface area contributed by atoms with Gasteiger partial charge in [0.1, 0.15) is 0 Å². The number of hydrogen-bond donors (Lipinski definition) is 2. The van der Waals surface area contributed by atoms with Crippen LogP contribution in [0.1, 0.15) is 64.5 Å². The first-order chi connectivity index (χ1) is 15.2. The lowest BCUT2D eigenvalue weighted by Gasteiger charge is -2.31. The van der Waals surface area contributed by atoms with Gasteiger partial charge >= 0.3 is 5.97 Å². The van der Waals surface area contributed by atoms with Gasteiger partial charge < -0.3 is 19.9 Å². The van der Waals surface area contributed by atoms with Crippen LogP contribution < -0.4 is 5.32 Å². The lowest BCUT2D eigenvalue weighted by molar-refractivity contribution is 0.0697. The summed E-state index contributed by atoms with van der Waals surface area (Å²) in [7, 11) is 0. The summed E-state index contributed by atoms with van der Waals surface area (Å²) in [4.78, 5) is 18.4. The molecule has 0 unspecified atom stereocenters. The van der Waals surface area contributed by atoms with Crippen LogP contribution in [0.25, 0.3) is 5.69 Å². The fourth-order valence-corrected chi connectivity index (χ4v) is 5.15. The van der Waals surface area contributed by atoms with Gasteiger partial charge in [-0.05, 0) is 88.3 Å². The van der Waals surface area contributed by atoms with Gasteiger partial charge in [0.05, 0.1) is 23.3 Å². The lowest BCUT2D eigenvalue weighted by atomic mass is 9.96. The average Bonchev–Trinajstić information content (AvgIpc) is 3.24. The minimum atomic E-state index is -0.930. The lowest BCUT2D eigenvalue weighted by Crippen LogP contribution is -2.35. The number of nitrogens with one attached hydrogen (secondary N) is 1. The quantitative estimate of drug-likeness (QED) is 0.543. The molecule has 7 heteroatoms. The zero-order valence-corrected chi connectivity index (χ0v) is 19.8. The molecule has 0 saturated carbocycles. The molecule has 0 bridgehead atoms. The summed E-state index contributed by atoms with van der Waals surface area (Å²) in [6.07, 6.45) is 1.80. The van der Waals surface area contributed by atoms with Gasteiger partial charge in [-0.15, -0.1) is 0 Å². The molecule has 1 fully saturated rings. The molecule has 0 radical (unpaired) electrons. The molecular weight excluding hydrogens is 420 g/mol. The summed E-state index contributed by atoms with van der Waals surface area (Å²) in [5.74, 6) is -0.930. The van der Waals surface area contributed by atoms with Crippen molar-refractivity contribution in [1.82, 2.24) is 19.8 Å². The second kappa shape index (κ2) is 8.39. The van der Waals surface area contributed by atoms with E-state index in [-0.39, 0.29) is 23.7 Å². The highest BCUT2D eigenvalue weighted by Gasteiger charge is 2.42. The summed E-state index contributed by atoms with van der Waals surface area (Å²) in [6, 6.07) is 13.5. The first-order valence-corrected chi connectivity index (χ1v) is 11.1. The van der Waals surface area contributed by atoms with E-state index in [0.717, 1.165) is 39.0 Å². The highest BCUT2D eigenvalue weighted by atomic mass is 32.1. The first-order valence-electron chi connectivity index (χ1n) is 10.7. The molecular formula is C25H28N4O2S. The second-order valence-corrected chi connectivity index (χ2v) is 8.98. The van der Waals surface area contributed by atoms with Crippen molar-refractivity contribution in [3.05, 3.63) is 82.4 Å². The maximum Gasteiger partial charge on any atom is 0.335 e. The number of carboxylic acid groups (broad SMARTS) is 1. The molecule has 2 atom stereocenters. The van der Waals surface area contributed by atoms with Gasteiger partial charge in [-0.1, -0.05) is 12.1 Å². The SMILES string of the molecule is Cc1ccc(C(=O)O)cc1-n1c(C)cc([C@H]2[C@@H](c3ccccn3)NC(=S)N2C(C)C)c1C. The van der Waals surface area contributed by atoms with Gasteiger partial charge in [0, 0.05) is 29.3 Å². The molecule has 166 valence electrons. The second-order valence-electron chi connectivity index (χ2n) is 8.60. The Kier molecular flexibility index (Phi) is 5.77. The van der Waals surface area contributed by atoms with E-state index in [1.807, 2.05) is 31.2 Å². The molecule has 32 heavy (non-hydrogen) atoms. The van der Waals surface area contributed by atoms with Crippen molar-refractivity contribution in [1.29, 1.82) is 0 Å². The van der Waals surface area contributed by atoms with E-state index >= 15 is 0 Å². The first kappa shape index (κ1) is 22.0. The minimum Gasteiger partial charge on any atom is -0.478 e. The number of thiocarbonyl (C=S) groups is 1. The largest absolute Gasteiger partial charge is 0.478 e. The van der Waals surface area contributed by atoms with E-state index in [1.54, 1.807) is 18.3 Å². The molecule has 3 heterocycles. The van der Waals surface area contributed by atoms with Crippen LogP contribution >= 0.6 is 12.2 Å². The van der Waals surface area contributed by atoms with Crippen LogP contribution in [0.15, 0.2) is 48.7 Å². The third kappa shape index (κ3) is 3.66. The minimum absolute atomic E-state index is 0.0275. The number of carbonyl (C=O) groups is 1. The van der Waals surface area contributed by atoms with Crippen molar-refractivity contribution in [2.24, 2.45) is 0 Å². The van der Waals surface area contributed by atoms with E-state index < -0.39 is 5.97 Å². The molecule has 3 aromatic rings.